The second kappa shape index (κ2) is 4.85. The maximum atomic E-state index is 13.4. The van der Waals surface area contributed by atoms with E-state index in [1.165, 1.54) is 12.1 Å². The van der Waals surface area contributed by atoms with E-state index in [2.05, 4.69) is 5.16 Å². The van der Waals surface area contributed by atoms with Gasteiger partial charge in [0.15, 0.2) is 11.6 Å². The summed E-state index contributed by atoms with van der Waals surface area (Å²) in [7, 11) is 0. The van der Waals surface area contributed by atoms with Gasteiger partial charge in [0.1, 0.15) is 11.6 Å². The number of nitrogens with zero attached hydrogens (tertiary/aromatic N) is 1. The highest BCUT2D eigenvalue weighted by molar-refractivity contribution is 5.85. The molecule has 2 heterocycles. The molecule has 0 aliphatic rings. The second-order valence-corrected chi connectivity index (χ2v) is 4.40. The molecular formula is C15H13FN2O2. The van der Waals surface area contributed by atoms with Gasteiger partial charge in [0.25, 0.3) is 0 Å². The summed E-state index contributed by atoms with van der Waals surface area (Å²) in [5, 5.41) is 3.75. The van der Waals surface area contributed by atoms with Crippen molar-refractivity contribution in [3.05, 3.63) is 48.0 Å². The molecular weight excluding hydrogens is 259 g/mol. The lowest BCUT2D eigenvalue weighted by Crippen LogP contribution is -1.89. The third-order valence-corrected chi connectivity index (χ3v) is 3.07. The van der Waals surface area contributed by atoms with Gasteiger partial charge < -0.3 is 14.7 Å². The van der Waals surface area contributed by atoms with Crippen LogP contribution in [0.25, 0.3) is 22.6 Å². The molecule has 0 aliphatic heterocycles. The van der Waals surface area contributed by atoms with E-state index in [4.69, 9.17) is 14.7 Å². The number of aromatic nitrogens is 1. The van der Waals surface area contributed by atoms with Crippen molar-refractivity contribution in [1.82, 2.24) is 5.16 Å². The zero-order valence-corrected chi connectivity index (χ0v) is 10.9. The quantitative estimate of drug-likeness (QED) is 0.785. The predicted molar refractivity (Wildman–Crippen MR) is 73.4 cm³/mol. The number of nitrogen functional groups attached to an aromatic ring is 1. The van der Waals surface area contributed by atoms with Crippen molar-refractivity contribution in [3.8, 4) is 22.6 Å². The Morgan fingerprint density at radius 2 is 2.10 bits per heavy atom. The summed E-state index contributed by atoms with van der Waals surface area (Å²) in [5.74, 6) is 1.64. The van der Waals surface area contributed by atoms with E-state index >= 15 is 0 Å². The molecule has 5 heteroatoms. The first-order chi connectivity index (χ1) is 9.69. The summed E-state index contributed by atoms with van der Waals surface area (Å²) in [4.78, 5) is 0. The highest BCUT2D eigenvalue weighted by Crippen LogP contribution is 2.37. The Hall–Kier alpha value is -2.56. The minimum atomic E-state index is -0.345. The first-order valence-corrected chi connectivity index (χ1v) is 6.29. The second-order valence-electron chi connectivity index (χ2n) is 4.40. The van der Waals surface area contributed by atoms with E-state index < -0.39 is 0 Å². The maximum Gasteiger partial charge on any atom is 0.212 e. The van der Waals surface area contributed by atoms with E-state index in [1.54, 1.807) is 18.2 Å². The molecule has 0 amide bonds. The molecule has 20 heavy (non-hydrogen) atoms. The summed E-state index contributed by atoms with van der Waals surface area (Å²) < 4.78 is 24.3. The summed E-state index contributed by atoms with van der Waals surface area (Å²) in [5.41, 5.74) is 6.98. The van der Waals surface area contributed by atoms with Crippen LogP contribution in [0.1, 0.15) is 12.7 Å². The van der Waals surface area contributed by atoms with E-state index in [9.17, 15) is 4.39 Å². The maximum absolute atomic E-state index is 13.4. The number of hydrogen-bond acceptors (Lipinski definition) is 4. The fraction of sp³-hybridized carbons (Fsp3) is 0.133. The molecule has 2 aromatic heterocycles. The lowest BCUT2D eigenvalue weighted by Gasteiger charge is -2.01. The Kier molecular flexibility index (Phi) is 3.02. The zero-order valence-electron chi connectivity index (χ0n) is 10.9. The highest BCUT2D eigenvalue weighted by Gasteiger charge is 2.20. The predicted octanol–water partition coefficient (Wildman–Crippen LogP) is 3.89. The number of rotatable bonds is 3. The third kappa shape index (κ3) is 2.07. The number of furan rings is 1. The Morgan fingerprint density at radius 3 is 2.80 bits per heavy atom. The fourth-order valence-corrected chi connectivity index (χ4v) is 2.08. The molecule has 0 saturated carbocycles. The van der Waals surface area contributed by atoms with E-state index in [-0.39, 0.29) is 11.6 Å². The lowest BCUT2D eigenvalue weighted by atomic mass is 10.0. The molecule has 0 aliphatic carbocycles. The number of anilines is 1. The van der Waals surface area contributed by atoms with Crippen molar-refractivity contribution >= 4 is 5.82 Å². The third-order valence-electron chi connectivity index (χ3n) is 3.07. The van der Waals surface area contributed by atoms with Crippen molar-refractivity contribution in [1.29, 1.82) is 0 Å². The normalized spacial score (nSPS) is 10.9. The highest BCUT2D eigenvalue weighted by atomic mass is 19.1. The van der Waals surface area contributed by atoms with Crippen LogP contribution in [0.5, 0.6) is 0 Å². The van der Waals surface area contributed by atoms with Gasteiger partial charge in [-0.2, -0.15) is 0 Å². The van der Waals surface area contributed by atoms with E-state index in [1.807, 2.05) is 13.0 Å². The van der Waals surface area contributed by atoms with Gasteiger partial charge in [0, 0.05) is 6.42 Å². The van der Waals surface area contributed by atoms with Gasteiger partial charge in [-0.3, -0.25) is 0 Å². The van der Waals surface area contributed by atoms with Crippen molar-refractivity contribution in [3.63, 3.8) is 0 Å². The van der Waals surface area contributed by atoms with Crippen LogP contribution >= 0.6 is 0 Å². The molecule has 0 bridgehead atoms. The molecule has 0 radical (unpaired) electrons. The van der Waals surface area contributed by atoms with Crippen LogP contribution in [0.2, 0.25) is 0 Å². The van der Waals surface area contributed by atoms with Gasteiger partial charge in [-0.15, -0.1) is 0 Å². The van der Waals surface area contributed by atoms with Gasteiger partial charge in [-0.05, 0) is 29.8 Å². The lowest BCUT2D eigenvalue weighted by molar-refractivity contribution is 0.416. The summed E-state index contributed by atoms with van der Waals surface area (Å²) >= 11 is 0. The monoisotopic (exact) mass is 272 g/mol. The first kappa shape index (κ1) is 12.5. The van der Waals surface area contributed by atoms with Crippen LogP contribution in [0.3, 0.4) is 0 Å². The Balaban J connectivity index is 2.14. The molecule has 0 unspecified atom stereocenters. The fourth-order valence-electron chi connectivity index (χ4n) is 2.08. The van der Waals surface area contributed by atoms with Gasteiger partial charge in [0.2, 0.25) is 5.76 Å². The van der Waals surface area contributed by atoms with Crippen LogP contribution in [0, 0.1) is 5.82 Å². The van der Waals surface area contributed by atoms with Crippen LogP contribution < -0.4 is 5.73 Å². The average Bonchev–Trinajstić information content (AvgIpc) is 3.04. The zero-order chi connectivity index (χ0) is 14.1. The standard InChI is InChI=1S/C15H13FN2O2/c1-2-11-6-7-12(19-11)14-13(15(17)18-20-14)9-4-3-5-10(16)8-9/h3-8H,2H2,1H3,(H2,17,18). The van der Waals surface area contributed by atoms with Gasteiger partial charge in [-0.25, -0.2) is 4.39 Å². The van der Waals surface area contributed by atoms with E-state index in [0.29, 0.717) is 22.6 Å². The molecule has 0 atom stereocenters. The number of hydrogen-bond donors (Lipinski definition) is 1. The molecule has 3 rings (SSSR count). The summed E-state index contributed by atoms with van der Waals surface area (Å²) in [6.07, 6.45) is 0.777. The number of aryl methyl sites for hydroxylation is 1. The van der Waals surface area contributed by atoms with Gasteiger partial charge in [-0.1, -0.05) is 24.2 Å². The van der Waals surface area contributed by atoms with E-state index in [0.717, 1.165) is 12.2 Å². The molecule has 2 N–H and O–H groups in total. The molecule has 3 aromatic rings. The van der Waals surface area contributed by atoms with Crippen LogP contribution in [0.15, 0.2) is 45.3 Å². The number of halogens is 1. The molecule has 0 saturated heterocycles. The first-order valence-electron chi connectivity index (χ1n) is 6.29. The average molecular weight is 272 g/mol. The summed E-state index contributed by atoms with van der Waals surface area (Å²) in [6, 6.07) is 9.77. The smallest absolute Gasteiger partial charge is 0.212 e. The minimum absolute atomic E-state index is 0.208. The molecule has 0 fully saturated rings. The number of benzene rings is 1. The molecule has 0 spiro atoms. The van der Waals surface area contributed by atoms with Crippen LogP contribution in [-0.4, -0.2) is 5.16 Å². The largest absolute Gasteiger partial charge is 0.458 e. The van der Waals surface area contributed by atoms with Crippen LogP contribution in [-0.2, 0) is 6.42 Å². The Bertz CT molecular complexity index is 746. The van der Waals surface area contributed by atoms with Gasteiger partial charge in [0.05, 0.1) is 5.56 Å². The minimum Gasteiger partial charge on any atom is -0.458 e. The van der Waals surface area contributed by atoms with Crippen molar-refractivity contribution < 1.29 is 13.3 Å². The molecule has 1 aromatic carbocycles. The van der Waals surface area contributed by atoms with Gasteiger partial charge >= 0.3 is 0 Å². The van der Waals surface area contributed by atoms with Crippen molar-refractivity contribution in [2.24, 2.45) is 0 Å². The van der Waals surface area contributed by atoms with Crippen molar-refractivity contribution in [2.75, 3.05) is 5.73 Å². The Morgan fingerprint density at radius 1 is 1.25 bits per heavy atom. The topological polar surface area (TPSA) is 65.2 Å². The number of nitrogens with two attached hydrogens (primary N) is 1. The van der Waals surface area contributed by atoms with Crippen LogP contribution in [0.4, 0.5) is 10.2 Å². The SMILES string of the molecule is CCc1ccc(-c2onc(N)c2-c2cccc(F)c2)o1. The summed E-state index contributed by atoms with van der Waals surface area (Å²) in [6.45, 7) is 1.99. The molecule has 102 valence electrons. The Labute approximate surface area is 115 Å². The molecule has 4 nitrogen and oxygen atoms in total. The van der Waals surface area contributed by atoms with Crippen molar-refractivity contribution in [2.45, 2.75) is 13.3 Å².